The minimum Gasteiger partial charge on any atom is -0.368 e. The van der Waals surface area contributed by atoms with Gasteiger partial charge in [0.2, 0.25) is 17.6 Å². The molecule has 1 amide bonds. The molecule has 4 rings (SSSR count). The maximum absolute atomic E-state index is 13.0. The maximum atomic E-state index is 13.0. The van der Waals surface area contributed by atoms with Gasteiger partial charge in [-0.3, -0.25) is 4.79 Å². The maximum Gasteiger partial charge on any atom is 0.236 e. The molecule has 8 heteroatoms. The van der Waals surface area contributed by atoms with E-state index in [9.17, 15) is 9.18 Å². The zero-order valence-electron chi connectivity index (χ0n) is 15.8. The Labute approximate surface area is 172 Å². The molecule has 2 heterocycles. The first kappa shape index (κ1) is 19.4. The molecule has 0 radical (unpaired) electrons. The van der Waals surface area contributed by atoms with Crippen molar-refractivity contribution < 1.29 is 13.7 Å². The number of hydrogen-bond donors (Lipinski definition) is 0. The van der Waals surface area contributed by atoms with E-state index in [1.54, 1.807) is 12.1 Å². The van der Waals surface area contributed by atoms with Crippen molar-refractivity contribution >= 4 is 23.4 Å². The Balaban J connectivity index is 1.22. The van der Waals surface area contributed by atoms with E-state index in [4.69, 9.17) is 4.52 Å². The molecule has 1 aliphatic heterocycles. The molecular formula is C21H21FN4O2S. The highest BCUT2D eigenvalue weighted by Gasteiger charge is 2.21. The van der Waals surface area contributed by atoms with Crippen molar-refractivity contribution in [3.05, 3.63) is 66.3 Å². The number of anilines is 1. The summed E-state index contributed by atoms with van der Waals surface area (Å²) < 4.78 is 18.2. The van der Waals surface area contributed by atoms with E-state index in [0.29, 0.717) is 28.8 Å². The molecule has 1 fully saturated rings. The Morgan fingerprint density at radius 2 is 1.76 bits per heavy atom. The van der Waals surface area contributed by atoms with Gasteiger partial charge in [-0.2, -0.15) is 4.98 Å². The van der Waals surface area contributed by atoms with Crippen molar-refractivity contribution in [1.82, 2.24) is 15.0 Å². The van der Waals surface area contributed by atoms with Gasteiger partial charge in [0.25, 0.3) is 0 Å². The van der Waals surface area contributed by atoms with Crippen molar-refractivity contribution in [2.45, 2.75) is 5.75 Å². The monoisotopic (exact) mass is 412 g/mol. The number of nitrogens with zero attached hydrogens (tertiary/aromatic N) is 4. The molecular weight excluding hydrogens is 391 g/mol. The molecule has 6 nitrogen and oxygen atoms in total. The number of para-hydroxylation sites is 1. The van der Waals surface area contributed by atoms with Crippen molar-refractivity contribution in [3.8, 4) is 11.4 Å². The SMILES string of the molecule is O=C(CSCc1nc(-c2ccc(F)cc2)no1)N1CCN(c2ccccc2)CC1. The van der Waals surface area contributed by atoms with Crippen LogP contribution in [-0.4, -0.2) is 52.9 Å². The first-order chi connectivity index (χ1) is 14.2. The molecule has 0 atom stereocenters. The third kappa shape index (κ3) is 4.95. The van der Waals surface area contributed by atoms with Crippen LogP contribution in [0.4, 0.5) is 10.1 Å². The summed E-state index contributed by atoms with van der Waals surface area (Å²) in [6.45, 7) is 3.13. The van der Waals surface area contributed by atoms with E-state index < -0.39 is 0 Å². The summed E-state index contributed by atoms with van der Waals surface area (Å²) in [6, 6.07) is 16.2. The predicted octanol–water partition coefficient (Wildman–Crippen LogP) is 3.46. The van der Waals surface area contributed by atoms with Crippen LogP contribution in [0.15, 0.2) is 59.1 Å². The summed E-state index contributed by atoms with van der Waals surface area (Å²) >= 11 is 1.46. The zero-order chi connectivity index (χ0) is 20.1. The molecule has 2 aromatic carbocycles. The molecule has 0 aliphatic carbocycles. The van der Waals surface area contributed by atoms with E-state index in [2.05, 4.69) is 27.2 Å². The molecule has 0 spiro atoms. The van der Waals surface area contributed by atoms with Gasteiger partial charge in [-0.1, -0.05) is 23.4 Å². The van der Waals surface area contributed by atoms with E-state index in [1.165, 1.54) is 29.6 Å². The lowest BCUT2D eigenvalue weighted by molar-refractivity contribution is -0.128. The topological polar surface area (TPSA) is 62.5 Å². The fourth-order valence-electron chi connectivity index (χ4n) is 3.20. The van der Waals surface area contributed by atoms with Crippen LogP contribution in [0.5, 0.6) is 0 Å². The lowest BCUT2D eigenvalue weighted by atomic mass is 10.2. The molecule has 1 aromatic heterocycles. The van der Waals surface area contributed by atoms with Crippen LogP contribution < -0.4 is 4.90 Å². The highest BCUT2D eigenvalue weighted by atomic mass is 32.2. The van der Waals surface area contributed by atoms with Crippen molar-refractivity contribution in [3.63, 3.8) is 0 Å². The minimum absolute atomic E-state index is 0.126. The van der Waals surface area contributed by atoms with Crippen LogP contribution in [0.25, 0.3) is 11.4 Å². The van der Waals surface area contributed by atoms with Gasteiger partial charge in [0.05, 0.1) is 11.5 Å². The quantitative estimate of drug-likeness (QED) is 0.618. The smallest absolute Gasteiger partial charge is 0.236 e. The average molecular weight is 412 g/mol. The van der Waals surface area contributed by atoms with Crippen LogP contribution in [0.3, 0.4) is 0 Å². The Morgan fingerprint density at radius 1 is 1.03 bits per heavy atom. The second-order valence-corrected chi connectivity index (χ2v) is 7.70. The standard InChI is InChI=1S/C21H21FN4O2S/c22-17-8-6-16(7-9-17)21-23-19(28-24-21)14-29-15-20(27)26-12-10-25(11-13-26)18-4-2-1-3-5-18/h1-9H,10-15H2. The van der Waals surface area contributed by atoms with Gasteiger partial charge < -0.3 is 14.3 Å². The number of rotatable bonds is 6. The van der Waals surface area contributed by atoms with Gasteiger partial charge in [-0.05, 0) is 36.4 Å². The molecule has 0 bridgehead atoms. The van der Waals surface area contributed by atoms with E-state index in [1.807, 2.05) is 23.1 Å². The van der Waals surface area contributed by atoms with Crippen molar-refractivity contribution in [2.24, 2.45) is 0 Å². The van der Waals surface area contributed by atoms with Gasteiger partial charge >= 0.3 is 0 Å². The summed E-state index contributed by atoms with van der Waals surface area (Å²) in [5.74, 6) is 1.53. The van der Waals surface area contributed by atoms with Crippen LogP contribution in [0, 0.1) is 5.82 Å². The first-order valence-electron chi connectivity index (χ1n) is 9.43. The summed E-state index contributed by atoms with van der Waals surface area (Å²) in [5, 5.41) is 3.92. The number of halogens is 1. The molecule has 0 unspecified atom stereocenters. The van der Waals surface area contributed by atoms with Gasteiger partial charge in [0.15, 0.2) is 0 Å². The fourth-order valence-corrected chi connectivity index (χ4v) is 3.95. The molecule has 1 saturated heterocycles. The van der Waals surface area contributed by atoms with Gasteiger partial charge in [0, 0.05) is 37.4 Å². The number of amides is 1. The highest BCUT2D eigenvalue weighted by molar-refractivity contribution is 7.99. The van der Waals surface area contributed by atoms with Crippen LogP contribution >= 0.6 is 11.8 Å². The number of carbonyl (C=O) groups is 1. The van der Waals surface area contributed by atoms with Crippen LogP contribution in [0.2, 0.25) is 0 Å². The average Bonchev–Trinajstić information content (AvgIpc) is 3.24. The fraction of sp³-hybridized carbons (Fsp3) is 0.286. The zero-order valence-corrected chi connectivity index (χ0v) is 16.6. The van der Waals surface area contributed by atoms with Crippen LogP contribution in [0.1, 0.15) is 5.89 Å². The predicted molar refractivity (Wildman–Crippen MR) is 111 cm³/mol. The number of carbonyl (C=O) groups excluding carboxylic acids is 1. The summed E-state index contributed by atoms with van der Waals surface area (Å²) in [7, 11) is 0. The Morgan fingerprint density at radius 3 is 2.48 bits per heavy atom. The Bertz CT molecular complexity index is 941. The normalized spacial score (nSPS) is 14.2. The van der Waals surface area contributed by atoms with E-state index in [-0.39, 0.29) is 11.7 Å². The largest absolute Gasteiger partial charge is 0.368 e. The van der Waals surface area contributed by atoms with Crippen LogP contribution in [-0.2, 0) is 10.5 Å². The van der Waals surface area contributed by atoms with E-state index >= 15 is 0 Å². The molecule has 1 aliphatic rings. The summed E-state index contributed by atoms with van der Waals surface area (Å²) in [4.78, 5) is 21.0. The molecule has 29 heavy (non-hydrogen) atoms. The van der Waals surface area contributed by atoms with Gasteiger partial charge in [-0.15, -0.1) is 11.8 Å². The highest BCUT2D eigenvalue weighted by Crippen LogP contribution is 2.19. The van der Waals surface area contributed by atoms with E-state index in [0.717, 1.165) is 26.2 Å². The van der Waals surface area contributed by atoms with Crippen molar-refractivity contribution in [1.29, 1.82) is 0 Å². The number of aromatic nitrogens is 2. The third-order valence-corrected chi connectivity index (χ3v) is 5.68. The third-order valence-electron chi connectivity index (χ3n) is 4.78. The number of benzene rings is 2. The second kappa shape index (κ2) is 9.09. The van der Waals surface area contributed by atoms with Gasteiger partial charge in [-0.25, -0.2) is 4.39 Å². The Hall–Kier alpha value is -2.87. The van der Waals surface area contributed by atoms with Gasteiger partial charge in [0.1, 0.15) is 5.82 Å². The number of thioether (sulfide) groups is 1. The summed E-state index contributed by atoms with van der Waals surface area (Å²) in [5.41, 5.74) is 1.89. The molecule has 0 N–H and O–H groups in total. The lowest BCUT2D eigenvalue weighted by Crippen LogP contribution is -2.49. The Kier molecular flexibility index (Phi) is 6.09. The summed E-state index contributed by atoms with van der Waals surface area (Å²) in [6.07, 6.45) is 0. The molecule has 3 aromatic rings. The first-order valence-corrected chi connectivity index (χ1v) is 10.6. The molecule has 150 valence electrons. The number of piperazine rings is 1. The minimum atomic E-state index is -0.309. The lowest BCUT2D eigenvalue weighted by Gasteiger charge is -2.36. The second-order valence-electron chi connectivity index (χ2n) is 6.71. The number of hydrogen-bond acceptors (Lipinski definition) is 6. The molecule has 0 saturated carbocycles. The van der Waals surface area contributed by atoms with Crippen molar-refractivity contribution in [2.75, 3.05) is 36.8 Å².